The minimum Gasteiger partial charge on any atom is -0.494 e. The zero-order chi connectivity index (χ0) is 24.4. The predicted molar refractivity (Wildman–Crippen MR) is 137 cm³/mol. The molecule has 35 heavy (non-hydrogen) atoms. The van der Waals surface area contributed by atoms with Crippen molar-refractivity contribution in [2.24, 2.45) is 0 Å². The van der Waals surface area contributed by atoms with Gasteiger partial charge in [0.1, 0.15) is 11.6 Å². The summed E-state index contributed by atoms with van der Waals surface area (Å²) in [6.07, 6.45) is 0. The second-order valence-corrected chi connectivity index (χ2v) is 8.37. The summed E-state index contributed by atoms with van der Waals surface area (Å²) in [6, 6.07) is 23.5. The van der Waals surface area contributed by atoms with Crippen molar-refractivity contribution in [3.8, 4) is 17.1 Å². The number of nitrogens with zero attached hydrogens (tertiary/aromatic N) is 3. The van der Waals surface area contributed by atoms with Crippen molar-refractivity contribution >= 4 is 28.6 Å². The van der Waals surface area contributed by atoms with E-state index in [-0.39, 0.29) is 11.9 Å². The van der Waals surface area contributed by atoms with Gasteiger partial charge < -0.3 is 14.6 Å². The number of hydrogen-bond donors (Lipinski definition) is 1. The maximum Gasteiger partial charge on any atom is 0.258 e. The van der Waals surface area contributed by atoms with Crippen molar-refractivity contribution in [2.45, 2.75) is 19.9 Å². The lowest BCUT2D eigenvalue weighted by Crippen LogP contribution is -2.46. The van der Waals surface area contributed by atoms with E-state index in [9.17, 15) is 4.39 Å². The summed E-state index contributed by atoms with van der Waals surface area (Å²) in [5.74, 6) is 1.07. The summed E-state index contributed by atoms with van der Waals surface area (Å²) in [6.45, 7) is 4.51. The summed E-state index contributed by atoms with van der Waals surface area (Å²) < 4.78 is 25.1. The molecule has 4 aromatic rings. The molecule has 0 spiro atoms. The Hall–Kier alpha value is -4.04. The zero-order valence-corrected chi connectivity index (χ0v) is 20.1. The first-order valence-electron chi connectivity index (χ1n) is 11.2. The van der Waals surface area contributed by atoms with Crippen LogP contribution in [0.5, 0.6) is 5.75 Å². The van der Waals surface area contributed by atoms with Gasteiger partial charge in [0.05, 0.1) is 18.2 Å². The first-order valence-corrected chi connectivity index (χ1v) is 11.6. The fourth-order valence-electron chi connectivity index (χ4n) is 4.16. The van der Waals surface area contributed by atoms with Gasteiger partial charge >= 0.3 is 0 Å². The van der Waals surface area contributed by atoms with Crippen molar-refractivity contribution in [3.05, 3.63) is 102 Å². The van der Waals surface area contributed by atoms with Crippen LogP contribution in [-0.2, 0) is 0 Å². The molecule has 1 atom stereocenters. The van der Waals surface area contributed by atoms with Gasteiger partial charge in [0.25, 0.3) is 5.89 Å². The highest BCUT2D eigenvalue weighted by molar-refractivity contribution is 7.80. The van der Waals surface area contributed by atoms with Crippen LogP contribution in [0, 0.1) is 5.82 Å². The van der Waals surface area contributed by atoms with Crippen LogP contribution in [0.2, 0.25) is 0 Å². The van der Waals surface area contributed by atoms with Crippen molar-refractivity contribution < 1.29 is 13.7 Å². The molecule has 2 heterocycles. The maximum atomic E-state index is 13.8. The van der Waals surface area contributed by atoms with E-state index in [1.807, 2.05) is 73.3 Å². The smallest absolute Gasteiger partial charge is 0.258 e. The lowest BCUT2D eigenvalue weighted by molar-refractivity contribution is 0.340. The molecule has 3 aromatic carbocycles. The number of anilines is 1. The summed E-state index contributed by atoms with van der Waals surface area (Å²) in [7, 11) is 0. The van der Waals surface area contributed by atoms with E-state index in [0.29, 0.717) is 29.0 Å². The number of allylic oxidation sites excluding steroid dienone is 1. The van der Waals surface area contributed by atoms with Crippen molar-refractivity contribution in [3.63, 3.8) is 0 Å². The molecule has 1 aliphatic rings. The Balaban J connectivity index is 1.61. The highest BCUT2D eigenvalue weighted by atomic mass is 32.1. The number of thiocarbonyl (C=S) groups is 1. The first-order chi connectivity index (χ1) is 17.0. The molecule has 0 saturated heterocycles. The SMILES string of the molecule is CCOc1ccc(N2C(=S)NC(c3ccccc3)C(c3nc(-c4cccc(F)c4)no3)=C2C)cc1. The van der Waals surface area contributed by atoms with Crippen LogP contribution in [0.3, 0.4) is 0 Å². The van der Waals surface area contributed by atoms with E-state index in [4.69, 9.17) is 21.5 Å². The Morgan fingerprint density at radius 2 is 1.83 bits per heavy atom. The Kier molecular flexibility index (Phi) is 6.29. The van der Waals surface area contributed by atoms with Crippen LogP contribution in [0.4, 0.5) is 10.1 Å². The van der Waals surface area contributed by atoms with Gasteiger partial charge in [0, 0.05) is 16.9 Å². The molecule has 5 rings (SSSR count). The zero-order valence-electron chi connectivity index (χ0n) is 19.2. The Morgan fingerprint density at radius 3 is 2.54 bits per heavy atom. The molecule has 0 bridgehead atoms. The molecule has 0 saturated carbocycles. The lowest BCUT2D eigenvalue weighted by Gasteiger charge is -2.37. The molecule has 1 N–H and O–H groups in total. The van der Waals surface area contributed by atoms with E-state index in [2.05, 4.69) is 15.5 Å². The van der Waals surface area contributed by atoms with Crippen LogP contribution in [0.25, 0.3) is 17.0 Å². The summed E-state index contributed by atoms with van der Waals surface area (Å²) in [4.78, 5) is 6.57. The maximum absolute atomic E-state index is 13.8. The van der Waals surface area contributed by atoms with Crippen molar-refractivity contribution in [1.29, 1.82) is 0 Å². The molecule has 1 unspecified atom stereocenters. The molecule has 0 aliphatic carbocycles. The van der Waals surface area contributed by atoms with E-state index in [0.717, 1.165) is 28.3 Å². The normalized spacial score (nSPS) is 15.8. The third kappa shape index (κ3) is 4.52. The largest absolute Gasteiger partial charge is 0.494 e. The van der Waals surface area contributed by atoms with Crippen LogP contribution < -0.4 is 15.0 Å². The molecule has 0 fully saturated rings. The van der Waals surface area contributed by atoms with Gasteiger partial charge in [-0.1, -0.05) is 47.6 Å². The Bertz CT molecular complexity index is 1390. The number of nitrogens with one attached hydrogen (secondary N) is 1. The second-order valence-electron chi connectivity index (χ2n) is 7.99. The van der Waals surface area contributed by atoms with Gasteiger partial charge in [-0.3, -0.25) is 4.90 Å². The molecule has 176 valence electrons. The van der Waals surface area contributed by atoms with E-state index < -0.39 is 0 Å². The fourth-order valence-corrected chi connectivity index (χ4v) is 4.52. The number of ether oxygens (including phenoxy) is 1. The van der Waals surface area contributed by atoms with Gasteiger partial charge in [-0.15, -0.1) is 0 Å². The van der Waals surface area contributed by atoms with Gasteiger partial charge in [-0.2, -0.15) is 4.98 Å². The summed E-state index contributed by atoms with van der Waals surface area (Å²) in [5.41, 5.74) is 4.05. The molecule has 8 heteroatoms. The highest BCUT2D eigenvalue weighted by Gasteiger charge is 2.34. The summed E-state index contributed by atoms with van der Waals surface area (Å²) >= 11 is 5.79. The summed E-state index contributed by atoms with van der Waals surface area (Å²) in [5, 5.41) is 8.12. The molecule has 0 amide bonds. The van der Waals surface area contributed by atoms with E-state index >= 15 is 0 Å². The van der Waals surface area contributed by atoms with Crippen LogP contribution in [0.1, 0.15) is 31.3 Å². The number of hydrogen-bond acceptors (Lipinski definition) is 5. The van der Waals surface area contributed by atoms with Crippen molar-refractivity contribution in [1.82, 2.24) is 15.5 Å². The average molecular weight is 487 g/mol. The van der Waals surface area contributed by atoms with Crippen LogP contribution >= 0.6 is 12.2 Å². The molecular formula is C27H23FN4O2S. The molecule has 0 radical (unpaired) electrons. The standard InChI is InChI=1S/C27H23FN4O2S/c1-3-33-22-14-12-21(13-15-22)32-17(2)23(24(29-27(32)35)18-8-5-4-6-9-18)26-30-25(31-34-26)19-10-7-11-20(28)16-19/h4-16,24H,3H2,1-2H3,(H,29,35). The topological polar surface area (TPSA) is 63.4 Å². The monoisotopic (exact) mass is 486 g/mol. The predicted octanol–water partition coefficient (Wildman–Crippen LogP) is 6.14. The van der Waals surface area contributed by atoms with E-state index in [1.54, 1.807) is 12.1 Å². The van der Waals surface area contributed by atoms with Crippen LogP contribution in [-0.4, -0.2) is 21.9 Å². The van der Waals surface area contributed by atoms with Gasteiger partial charge in [0.2, 0.25) is 5.82 Å². The van der Waals surface area contributed by atoms with Crippen LogP contribution in [0.15, 0.2) is 89.1 Å². The van der Waals surface area contributed by atoms with Gasteiger partial charge in [-0.25, -0.2) is 4.39 Å². The molecule has 1 aliphatic heterocycles. The molecule has 1 aromatic heterocycles. The molecule has 6 nitrogen and oxygen atoms in total. The molecular weight excluding hydrogens is 463 g/mol. The number of benzene rings is 3. The first kappa shape index (κ1) is 22.7. The second kappa shape index (κ2) is 9.68. The number of halogens is 1. The number of aromatic nitrogens is 2. The third-order valence-corrected chi connectivity index (χ3v) is 6.06. The lowest BCUT2D eigenvalue weighted by atomic mass is 9.94. The average Bonchev–Trinajstić information content (AvgIpc) is 3.35. The minimum absolute atomic E-state index is 0.302. The van der Waals surface area contributed by atoms with Crippen molar-refractivity contribution in [2.75, 3.05) is 11.5 Å². The Labute approximate surface area is 208 Å². The van der Waals surface area contributed by atoms with Gasteiger partial charge in [0.15, 0.2) is 5.11 Å². The van der Waals surface area contributed by atoms with E-state index in [1.165, 1.54) is 12.1 Å². The quantitative estimate of drug-likeness (QED) is 0.328. The minimum atomic E-state index is -0.363. The van der Waals surface area contributed by atoms with Gasteiger partial charge in [-0.05, 0) is 68.0 Å². The number of rotatable bonds is 6. The highest BCUT2D eigenvalue weighted by Crippen LogP contribution is 2.39. The Morgan fingerprint density at radius 1 is 1.06 bits per heavy atom. The third-order valence-electron chi connectivity index (χ3n) is 5.76. The fraction of sp³-hybridized carbons (Fsp3) is 0.148.